The Kier molecular flexibility index (Phi) is 9.42. The summed E-state index contributed by atoms with van der Waals surface area (Å²) < 4.78 is 58.6. The summed E-state index contributed by atoms with van der Waals surface area (Å²) >= 11 is 1.45. The van der Waals surface area contributed by atoms with E-state index >= 15 is 0 Å². The van der Waals surface area contributed by atoms with Gasteiger partial charge in [-0.15, -0.1) is 11.3 Å². The van der Waals surface area contributed by atoms with Crippen LogP contribution >= 0.6 is 11.3 Å². The number of anilines is 1. The number of hydrogen-bond donors (Lipinski definition) is 1. The number of aliphatic carboxylic acids is 1. The van der Waals surface area contributed by atoms with Crippen LogP contribution in [0.1, 0.15) is 42.0 Å². The number of carboxylic acids is 1. The molecule has 1 heterocycles. The van der Waals surface area contributed by atoms with Crippen molar-refractivity contribution in [1.29, 1.82) is 0 Å². The van der Waals surface area contributed by atoms with Gasteiger partial charge in [-0.3, -0.25) is 4.79 Å². The van der Waals surface area contributed by atoms with E-state index in [0.717, 1.165) is 41.4 Å². The molecule has 0 saturated carbocycles. The van der Waals surface area contributed by atoms with E-state index in [1.54, 1.807) is 12.1 Å². The summed E-state index contributed by atoms with van der Waals surface area (Å²) in [5.41, 5.74) is 2.87. The Bertz CT molecular complexity index is 1420. The number of aromatic nitrogens is 1. The Hall–Kier alpha value is -3.92. The Morgan fingerprint density at radius 2 is 1.73 bits per heavy atom. The van der Waals surface area contributed by atoms with E-state index in [-0.39, 0.29) is 19.4 Å². The lowest BCUT2D eigenvalue weighted by Gasteiger charge is -2.21. The van der Waals surface area contributed by atoms with Crippen LogP contribution in [0.3, 0.4) is 0 Å². The van der Waals surface area contributed by atoms with Crippen molar-refractivity contribution in [2.45, 2.75) is 45.5 Å². The SMILES string of the molecule is CCCN(Cc1ccc(COc2ccc(CCC(=O)O)c(F)c2)cc1)c1nc(-c2ccc(C(F)(F)F)cc2)cs1. The average Bonchev–Trinajstić information content (AvgIpc) is 3.42. The molecular formula is C30H28F4N2O3S. The molecule has 40 heavy (non-hydrogen) atoms. The molecule has 0 unspecified atom stereocenters. The third-order valence-electron chi connectivity index (χ3n) is 6.20. The maximum Gasteiger partial charge on any atom is 0.416 e. The molecule has 0 aliphatic carbocycles. The van der Waals surface area contributed by atoms with E-state index in [1.165, 1.54) is 29.5 Å². The molecule has 0 aliphatic rings. The molecule has 0 atom stereocenters. The second-order valence-corrected chi connectivity index (χ2v) is 10.1. The maximum absolute atomic E-state index is 14.2. The third-order valence-corrected chi connectivity index (χ3v) is 7.10. The maximum atomic E-state index is 14.2. The van der Waals surface area contributed by atoms with Crippen molar-refractivity contribution in [1.82, 2.24) is 4.98 Å². The number of halogens is 4. The van der Waals surface area contributed by atoms with Crippen LogP contribution in [-0.4, -0.2) is 22.6 Å². The minimum atomic E-state index is -4.38. The van der Waals surface area contributed by atoms with Gasteiger partial charge >= 0.3 is 12.1 Å². The number of aryl methyl sites for hydroxylation is 1. The Morgan fingerprint density at radius 1 is 1.02 bits per heavy atom. The highest BCUT2D eigenvalue weighted by atomic mass is 32.1. The molecular weight excluding hydrogens is 544 g/mol. The Labute approximate surface area is 233 Å². The van der Waals surface area contributed by atoms with Crippen LogP contribution in [0.4, 0.5) is 22.7 Å². The molecule has 0 fully saturated rings. The van der Waals surface area contributed by atoms with E-state index in [9.17, 15) is 22.4 Å². The Morgan fingerprint density at radius 3 is 2.35 bits per heavy atom. The third kappa shape index (κ3) is 7.81. The van der Waals surface area contributed by atoms with Crippen LogP contribution in [-0.2, 0) is 30.5 Å². The number of carboxylic acid groups (broad SMARTS) is 1. The molecule has 0 amide bonds. The fraction of sp³-hybridized carbons (Fsp3) is 0.267. The van der Waals surface area contributed by atoms with Crippen LogP contribution in [0.2, 0.25) is 0 Å². The smallest absolute Gasteiger partial charge is 0.416 e. The lowest BCUT2D eigenvalue weighted by atomic mass is 10.1. The van der Waals surface area contributed by atoms with Gasteiger partial charge in [0.25, 0.3) is 0 Å². The van der Waals surface area contributed by atoms with E-state index in [0.29, 0.717) is 29.1 Å². The molecule has 4 aromatic rings. The molecule has 3 aromatic carbocycles. The van der Waals surface area contributed by atoms with Crippen LogP contribution < -0.4 is 9.64 Å². The lowest BCUT2D eigenvalue weighted by molar-refractivity contribution is -0.138. The van der Waals surface area contributed by atoms with Crippen LogP contribution in [0.15, 0.2) is 72.1 Å². The van der Waals surface area contributed by atoms with Gasteiger partial charge in [0.1, 0.15) is 18.2 Å². The zero-order valence-electron chi connectivity index (χ0n) is 21.7. The number of alkyl halides is 3. The summed E-state index contributed by atoms with van der Waals surface area (Å²) in [6.45, 7) is 3.69. The second-order valence-electron chi connectivity index (χ2n) is 9.26. The van der Waals surface area contributed by atoms with Crippen molar-refractivity contribution in [3.8, 4) is 17.0 Å². The number of benzene rings is 3. The van der Waals surface area contributed by atoms with Gasteiger partial charge in [0.15, 0.2) is 5.13 Å². The van der Waals surface area contributed by atoms with Gasteiger partial charge in [-0.05, 0) is 47.7 Å². The van der Waals surface area contributed by atoms with Crippen LogP contribution in [0.25, 0.3) is 11.3 Å². The van der Waals surface area contributed by atoms with Crippen molar-refractivity contribution in [2.75, 3.05) is 11.4 Å². The van der Waals surface area contributed by atoms with Crippen molar-refractivity contribution >= 4 is 22.4 Å². The first-order chi connectivity index (χ1) is 19.1. The van der Waals surface area contributed by atoms with E-state index in [1.807, 2.05) is 29.6 Å². The van der Waals surface area contributed by atoms with Gasteiger partial charge in [0.2, 0.25) is 0 Å². The van der Waals surface area contributed by atoms with Gasteiger partial charge in [0.05, 0.1) is 11.3 Å². The molecule has 0 bridgehead atoms. The summed E-state index contributed by atoms with van der Waals surface area (Å²) in [4.78, 5) is 17.5. The molecule has 1 N–H and O–H groups in total. The molecule has 4 rings (SSSR count). The summed E-state index contributed by atoms with van der Waals surface area (Å²) in [5, 5.41) is 11.4. The summed E-state index contributed by atoms with van der Waals surface area (Å²) in [7, 11) is 0. The highest BCUT2D eigenvalue weighted by Crippen LogP contribution is 2.33. The topological polar surface area (TPSA) is 62.7 Å². The minimum absolute atomic E-state index is 0.120. The zero-order valence-corrected chi connectivity index (χ0v) is 22.6. The molecule has 0 aliphatic heterocycles. The fourth-order valence-electron chi connectivity index (χ4n) is 4.07. The number of nitrogens with zero attached hydrogens (tertiary/aromatic N) is 2. The number of hydrogen-bond acceptors (Lipinski definition) is 5. The van der Waals surface area contributed by atoms with Gasteiger partial charge in [-0.1, -0.05) is 49.4 Å². The predicted molar refractivity (Wildman–Crippen MR) is 147 cm³/mol. The number of ether oxygens (including phenoxy) is 1. The molecule has 0 radical (unpaired) electrons. The first-order valence-corrected chi connectivity index (χ1v) is 13.6. The van der Waals surface area contributed by atoms with Gasteiger partial charge < -0.3 is 14.7 Å². The summed E-state index contributed by atoms with van der Waals surface area (Å²) in [5.74, 6) is -1.10. The van der Waals surface area contributed by atoms with Gasteiger partial charge in [-0.25, -0.2) is 9.37 Å². The highest BCUT2D eigenvalue weighted by Gasteiger charge is 2.30. The average molecular weight is 573 g/mol. The highest BCUT2D eigenvalue weighted by molar-refractivity contribution is 7.14. The predicted octanol–water partition coefficient (Wildman–Crippen LogP) is 7.98. The molecule has 1 aromatic heterocycles. The van der Waals surface area contributed by atoms with Crippen molar-refractivity contribution in [2.24, 2.45) is 0 Å². The van der Waals surface area contributed by atoms with Crippen LogP contribution in [0, 0.1) is 5.82 Å². The molecule has 0 spiro atoms. The van der Waals surface area contributed by atoms with E-state index in [4.69, 9.17) is 9.84 Å². The van der Waals surface area contributed by atoms with Crippen molar-refractivity contribution < 1.29 is 32.2 Å². The van der Waals surface area contributed by atoms with Crippen LogP contribution in [0.5, 0.6) is 5.75 Å². The van der Waals surface area contributed by atoms with E-state index < -0.39 is 23.5 Å². The van der Waals surface area contributed by atoms with Crippen molar-refractivity contribution in [3.05, 3.63) is 100 Å². The number of rotatable bonds is 12. The Balaban J connectivity index is 1.36. The monoisotopic (exact) mass is 572 g/mol. The van der Waals surface area contributed by atoms with Gasteiger partial charge in [0, 0.05) is 36.5 Å². The minimum Gasteiger partial charge on any atom is -0.489 e. The molecule has 0 saturated heterocycles. The van der Waals surface area contributed by atoms with Gasteiger partial charge in [-0.2, -0.15) is 13.2 Å². The number of carbonyl (C=O) groups is 1. The first-order valence-electron chi connectivity index (χ1n) is 12.7. The fourth-order valence-corrected chi connectivity index (χ4v) is 4.94. The summed E-state index contributed by atoms with van der Waals surface area (Å²) in [6, 6.07) is 17.3. The summed E-state index contributed by atoms with van der Waals surface area (Å²) in [6.07, 6.45) is -3.50. The normalized spacial score (nSPS) is 11.4. The second kappa shape index (κ2) is 13.0. The van der Waals surface area contributed by atoms with Crippen molar-refractivity contribution in [3.63, 3.8) is 0 Å². The number of thiazole rings is 1. The van der Waals surface area contributed by atoms with E-state index in [2.05, 4.69) is 16.8 Å². The lowest BCUT2D eigenvalue weighted by Crippen LogP contribution is -2.23. The molecule has 10 heteroatoms. The quantitative estimate of drug-likeness (QED) is 0.174. The first kappa shape index (κ1) is 29.1. The standard InChI is InChI=1S/C30H28F4N2O3S/c1-2-15-36(29-35-27(19-40-29)23-7-11-24(12-8-23)30(32,33)34)17-20-3-5-21(6-4-20)18-39-25-13-9-22(26(31)16-25)10-14-28(37)38/h3-9,11-13,16,19H,2,10,14-15,17-18H2,1H3,(H,37,38). The molecule has 210 valence electrons. The molecule has 5 nitrogen and oxygen atoms in total. The largest absolute Gasteiger partial charge is 0.489 e. The zero-order chi connectivity index (χ0) is 28.7.